The van der Waals surface area contributed by atoms with E-state index >= 15 is 0 Å². The minimum absolute atomic E-state index is 0.0618. The maximum absolute atomic E-state index is 13.4. The van der Waals surface area contributed by atoms with E-state index in [9.17, 15) is 9.18 Å². The summed E-state index contributed by atoms with van der Waals surface area (Å²) in [6.07, 6.45) is 1.65. The number of hydrogen-bond donors (Lipinski definition) is 2. The van der Waals surface area contributed by atoms with Crippen molar-refractivity contribution in [3.63, 3.8) is 0 Å². The van der Waals surface area contributed by atoms with Crippen LogP contribution in [0.4, 0.5) is 4.39 Å². The zero-order chi connectivity index (χ0) is 26.1. The number of aliphatic imine (C=N–C) groups is 1. The van der Waals surface area contributed by atoms with Gasteiger partial charge in [0.05, 0.1) is 6.61 Å². The Hall–Kier alpha value is -3.97. The predicted molar refractivity (Wildman–Crippen MR) is 142 cm³/mol. The number of ether oxygens (including phenoxy) is 2. The van der Waals surface area contributed by atoms with Crippen molar-refractivity contribution in [1.82, 2.24) is 5.32 Å². The van der Waals surface area contributed by atoms with Gasteiger partial charge < -0.3 is 19.9 Å². The summed E-state index contributed by atoms with van der Waals surface area (Å²) in [5.74, 6) is 0.555. The third-order valence-electron chi connectivity index (χ3n) is 6.19. The van der Waals surface area contributed by atoms with Crippen LogP contribution in [0.25, 0.3) is 11.1 Å². The number of halogens is 1. The highest BCUT2D eigenvalue weighted by Gasteiger charge is 2.52. The van der Waals surface area contributed by atoms with Crippen LogP contribution in [0.1, 0.15) is 30.1 Å². The smallest absolute Gasteiger partial charge is 0.252 e. The molecule has 7 heteroatoms. The molecule has 3 aromatic carbocycles. The molecule has 0 aliphatic carbocycles. The zero-order valence-electron chi connectivity index (χ0n) is 20.6. The predicted octanol–water partition coefficient (Wildman–Crippen LogP) is 5.03. The summed E-state index contributed by atoms with van der Waals surface area (Å²) in [5.41, 5.74) is 2.25. The first kappa shape index (κ1) is 26.1. The average Bonchev–Trinajstić information content (AvgIpc) is 3.33. The molecule has 0 fully saturated rings. The van der Waals surface area contributed by atoms with Gasteiger partial charge in [-0.3, -0.25) is 4.79 Å². The molecule has 2 N–H and O–H groups in total. The third kappa shape index (κ3) is 5.89. The van der Waals surface area contributed by atoms with Crippen LogP contribution in [0, 0.1) is 0 Å². The van der Waals surface area contributed by atoms with Crippen LogP contribution < -0.4 is 10.1 Å². The highest BCUT2D eigenvalue weighted by molar-refractivity contribution is 6.01. The van der Waals surface area contributed by atoms with E-state index in [2.05, 4.69) is 11.9 Å². The van der Waals surface area contributed by atoms with Crippen LogP contribution in [0.3, 0.4) is 0 Å². The van der Waals surface area contributed by atoms with E-state index < -0.39 is 24.2 Å². The Morgan fingerprint density at radius 1 is 1.05 bits per heavy atom. The number of alkyl halides is 1. The van der Waals surface area contributed by atoms with Crippen molar-refractivity contribution < 1.29 is 23.8 Å². The molecular weight excluding hydrogens is 471 g/mol. The first-order valence-corrected chi connectivity index (χ1v) is 12.3. The molecule has 0 unspecified atom stereocenters. The highest BCUT2D eigenvalue weighted by atomic mass is 19.1. The van der Waals surface area contributed by atoms with E-state index in [1.165, 1.54) is 0 Å². The number of amides is 1. The zero-order valence-corrected chi connectivity index (χ0v) is 20.6. The van der Waals surface area contributed by atoms with Gasteiger partial charge in [0.1, 0.15) is 12.4 Å². The second-order valence-electron chi connectivity index (χ2n) is 8.71. The van der Waals surface area contributed by atoms with E-state index in [1.54, 1.807) is 18.2 Å². The van der Waals surface area contributed by atoms with Crippen molar-refractivity contribution in [1.29, 1.82) is 0 Å². The number of hydrogen-bond acceptors (Lipinski definition) is 5. The second-order valence-corrected chi connectivity index (χ2v) is 8.71. The van der Waals surface area contributed by atoms with Crippen LogP contribution in [-0.4, -0.2) is 48.9 Å². The van der Waals surface area contributed by atoms with Crippen LogP contribution in [0.5, 0.6) is 5.75 Å². The monoisotopic (exact) mass is 502 g/mol. The maximum Gasteiger partial charge on any atom is 0.252 e. The van der Waals surface area contributed by atoms with Gasteiger partial charge in [-0.25, -0.2) is 9.38 Å². The van der Waals surface area contributed by atoms with Gasteiger partial charge in [-0.05, 0) is 41.0 Å². The quantitative estimate of drug-likeness (QED) is 0.269. The molecule has 37 heavy (non-hydrogen) atoms. The van der Waals surface area contributed by atoms with Gasteiger partial charge in [0.15, 0.2) is 11.6 Å². The molecule has 1 heterocycles. The van der Waals surface area contributed by atoms with Gasteiger partial charge in [-0.1, -0.05) is 60.7 Å². The number of rotatable bonds is 12. The van der Waals surface area contributed by atoms with Crippen molar-refractivity contribution >= 4 is 11.8 Å². The Kier molecular flexibility index (Phi) is 8.69. The van der Waals surface area contributed by atoms with E-state index in [-0.39, 0.29) is 19.6 Å². The number of nitrogens with one attached hydrogen (secondary N) is 1. The molecule has 1 amide bonds. The normalized spacial score (nSPS) is 18.5. The Bertz CT molecular complexity index is 1210. The van der Waals surface area contributed by atoms with Crippen molar-refractivity contribution in [3.8, 4) is 16.9 Å². The molecular formula is C30H31FN2O4. The first-order valence-electron chi connectivity index (χ1n) is 12.3. The van der Waals surface area contributed by atoms with Gasteiger partial charge in [0.25, 0.3) is 5.91 Å². The van der Waals surface area contributed by atoms with Crippen LogP contribution >= 0.6 is 0 Å². The number of aliphatic hydroxyl groups is 1. The van der Waals surface area contributed by atoms with Gasteiger partial charge in [0, 0.05) is 31.6 Å². The van der Waals surface area contributed by atoms with Crippen LogP contribution in [-0.2, 0) is 9.53 Å². The van der Waals surface area contributed by atoms with Crippen LogP contribution in [0.15, 0.2) is 96.5 Å². The Balaban J connectivity index is 1.67. The molecule has 0 spiro atoms. The summed E-state index contributed by atoms with van der Waals surface area (Å²) in [5, 5.41) is 11.6. The number of benzene rings is 3. The molecule has 192 valence electrons. The fraction of sp³-hybridized carbons (Fsp3) is 0.267. The third-order valence-corrected chi connectivity index (χ3v) is 6.19. The largest absolute Gasteiger partial charge is 0.494 e. The van der Waals surface area contributed by atoms with Gasteiger partial charge in [-0.2, -0.15) is 0 Å². The summed E-state index contributed by atoms with van der Waals surface area (Å²) in [7, 11) is 0. The number of nitrogens with zero attached hydrogens (tertiary/aromatic N) is 1. The molecule has 1 aliphatic heterocycles. The topological polar surface area (TPSA) is 80.2 Å². The number of carbonyl (C=O) groups excluding carboxylic acids is 1. The van der Waals surface area contributed by atoms with Crippen molar-refractivity contribution in [3.05, 3.63) is 103 Å². The summed E-state index contributed by atoms with van der Waals surface area (Å²) in [4.78, 5) is 18.2. The lowest BCUT2D eigenvalue weighted by atomic mass is 9.84. The molecule has 0 saturated heterocycles. The minimum atomic E-state index is -1.34. The minimum Gasteiger partial charge on any atom is -0.494 e. The van der Waals surface area contributed by atoms with Gasteiger partial charge >= 0.3 is 0 Å². The number of aliphatic hydroxyl groups excluding tert-OH is 1. The summed E-state index contributed by atoms with van der Waals surface area (Å²) >= 11 is 0. The summed E-state index contributed by atoms with van der Waals surface area (Å²) < 4.78 is 24.9. The Labute approximate surface area is 216 Å². The molecule has 0 aromatic heterocycles. The summed E-state index contributed by atoms with van der Waals surface area (Å²) in [6, 6.07) is 25.1. The fourth-order valence-corrected chi connectivity index (χ4v) is 4.33. The van der Waals surface area contributed by atoms with E-state index in [1.807, 2.05) is 66.7 Å². The van der Waals surface area contributed by atoms with E-state index in [0.29, 0.717) is 30.2 Å². The fourth-order valence-electron chi connectivity index (χ4n) is 4.33. The molecule has 1 aliphatic rings. The van der Waals surface area contributed by atoms with Crippen molar-refractivity contribution in [2.75, 3.05) is 26.4 Å². The lowest BCUT2D eigenvalue weighted by Crippen LogP contribution is -2.48. The van der Waals surface area contributed by atoms with Crippen molar-refractivity contribution in [2.45, 2.75) is 24.5 Å². The molecule has 0 radical (unpaired) electrons. The average molecular weight is 503 g/mol. The maximum atomic E-state index is 13.4. The van der Waals surface area contributed by atoms with Crippen molar-refractivity contribution in [2.24, 2.45) is 4.99 Å². The molecule has 2 atom stereocenters. The first-order chi connectivity index (χ1) is 18.1. The molecule has 6 nitrogen and oxygen atoms in total. The molecule has 3 aromatic rings. The Morgan fingerprint density at radius 2 is 1.73 bits per heavy atom. The van der Waals surface area contributed by atoms with E-state index in [4.69, 9.17) is 19.6 Å². The SMILES string of the molecule is C=CC[C@@]1(C(=O)NCCF)N=C(c2ccc(OCCCO)cc2)O[C@@H]1c1ccc(-c2ccccc2)cc1. The standard InChI is InChI=1S/C30H31FN2O4/c1-2-17-30(29(35)32-19-18-31)27(24-11-9-23(10-12-24)22-7-4-3-5-8-22)37-28(33-30)25-13-15-26(16-14-25)36-21-6-20-34/h2-5,7-16,27,34H,1,6,17-21H2,(H,32,35)/t27-,30-/m1/s1. The lowest BCUT2D eigenvalue weighted by Gasteiger charge is -2.29. The highest BCUT2D eigenvalue weighted by Crippen LogP contribution is 2.43. The lowest BCUT2D eigenvalue weighted by molar-refractivity contribution is -0.128. The number of carbonyl (C=O) groups is 1. The van der Waals surface area contributed by atoms with E-state index in [0.717, 1.165) is 16.7 Å². The Morgan fingerprint density at radius 3 is 2.38 bits per heavy atom. The van der Waals surface area contributed by atoms with Gasteiger partial charge in [0.2, 0.25) is 5.90 Å². The second kappa shape index (κ2) is 12.3. The van der Waals surface area contributed by atoms with Crippen LogP contribution in [0.2, 0.25) is 0 Å². The molecule has 0 saturated carbocycles. The molecule has 0 bridgehead atoms. The summed E-state index contributed by atoms with van der Waals surface area (Å²) in [6.45, 7) is 3.53. The van der Waals surface area contributed by atoms with Gasteiger partial charge in [-0.15, -0.1) is 6.58 Å². The molecule has 4 rings (SSSR count).